The van der Waals surface area contributed by atoms with E-state index in [1.54, 1.807) is 6.07 Å². The summed E-state index contributed by atoms with van der Waals surface area (Å²) in [4.78, 5) is 20.5. The second-order valence-corrected chi connectivity index (χ2v) is 7.28. The Kier molecular flexibility index (Phi) is 5.63. The molecule has 0 saturated carbocycles. The highest BCUT2D eigenvalue weighted by atomic mass is 35.5. The number of fused-ring (bicyclic) bond motifs is 1. The molecule has 6 heteroatoms. The minimum atomic E-state index is -0.480. The molecular weight excluding hydrogens is 398 g/mol. The topological polar surface area (TPSA) is 57.0 Å². The fourth-order valence-corrected chi connectivity index (χ4v) is 3.51. The standard InChI is InChI=1S/C24H20ClN3O2/c1-16-26-23-22(13-12-21(27-23)24(29)30-2)28(16)15-19-11-10-18(14-20(19)25)9-8-17-6-4-3-5-7-17/h3-14H,15H2,1-2H3. The highest BCUT2D eigenvalue weighted by Crippen LogP contribution is 2.23. The van der Waals surface area contributed by atoms with Crippen LogP contribution in [0.25, 0.3) is 23.3 Å². The maximum Gasteiger partial charge on any atom is 0.356 e. The van der Waals surface area contributed by atoms with Crippen LogP contribution in [0.5, 0.6) is 0 Å². The van der Waals surface area contributed by atoms with Gasteiger partial charge < -0.3 is 9.30 Å². The van der Waals surface area contributed by atoms with Crippen LogP contribution in [0.3, 0.4) is 0 Å². The van der Waals surface area contributed by atoms with Gasteiger partial charge in [0.2, 0.25) is 0 Å². The van der Waals surface area contributed by atoms with Gasteiger partial charge in [-0.25, -0.2) is 14.8 Å². The number of rotatable bonds is 5. The number of hydrogen-bond acceptors (Lipinski definition) is 4. The smallest absolute Gasteiger partial charge is 0.356 e. The number of aryl methyl sites for hydroxylation is 1. The van der Waals surface area contributed by atoms with E-state index in [0.717, 1.165) is 28.0 Å². The predicted octanol–water partition coefficient (Wildman–Crippen LogP) is 5.40. The number of halogens is 1. The third kappa shape index (κ3) is 4.11. The summed E-state index contributed by atoms with van der Waals surface area (Å²) in [5.74, 6) is 0.315. The Balaban J connectivity index is 1.60. The van der Waals surface area contributed by atoms with Gasteiger partial charge in [-0.2, -0.15) is 0 Å². The van der Waals surface area contributed by atoms with Crippen molar-refractivity contribution in [3.8, 4) is 0 Å². The normalized spacial score (nSPS) is 11.3. The van der Waals surface area contributed by atoms with Gasteiger partial charge in [0.15, 0.2) is 11.3 Å². The second kappa shape index (κ2) is 8.51. The molecule has 0 N–H and O–H groups in total. The van der Waals surface area contributed by atoms with E-state index in [4.69, 9.17) is 16.3 Å². The summed E-state index contributed by atoms with van der Waals surface area (Å²) >= 11 is 6.57. The summed E-state index contributed by atoms with van der Waals surface area (Å²) in [6.45, 7) is 2.47. The molecule has 0 aliphatic carbocycles. The predicted molar refractivity (Wildman–Crippen MR) is 120 cm³/mol. The zero-order valence-electron chi connectivity index (χ0n) is 16.7. The van der Waals surface area contributed by atoms with Gasteiger partial charge in [0.1, 0.15) is 5.82 Å². The van der Waals surface area contributed by atoms with Crippen molar-refractivity contribution in [1.29, 1.82) is 0 Å². The summed E-state index contributed by atoms with van der Waals surface area (Å²) < 4.78 is 6.77. The lowest BCUT2D eigenvalue weighted by molar-refractivity contribution is 0.0594. The van der Waals surface area contributed by atoms with Crippen molar-refractivity contribution in [2.75, 3.05) is 7.11 Å². The molecule has 2 aromatic carbocycles. The van der Waals surface area contributed by atoms with Crippen molar-refractivity contribution in [2.45, 2.75) is 13.5 Å². The average molecular weight is 418 g/mol. The van der Waals surface area contributed by atoms with Gasteiger partial charge in [0.05, 0.1) is 19.2 Å². The minimum Gasteiger partial charge on any atom is -0.464 e. The first-order valence-electron chi connectivity index (χ1n) is 9.49. The molecule has 4 rings (SSSR count). The minimum absolute atomic E-state index is 0.238. The Morgan fingerprint density at radius 3 is 2.53 bits per heavy atom. The number of imidazole rings is 1. The molecule has 2 heterocycles. The van der Waals surface area contributed by atoms with Gasteiger partial charge in [-0.05, 0) is 41.8 Å². The Labute approximate surface area is 179 Å². The van der Waals surface area contributed by atoms with E-state index in [1.807, 2.05) is 60.0 Å². The molecule has 0 amide bonds. The largest absolute Gasteiger partial charge is 0.464 e. The van der Waals surface area contributed by atoms with Crippen molar-refractivity contribution in [1.82, 2.24) is 14.5 Å². The van der Waals surface area contributed by atoms with E-state index < -0.39 is 5.97 Å². The lowest BCUT2D eigenvalue weighted by Crippen LogP contribution is -2.05. The molecule has 0 atom stereocenters. The molecule has 30 heavy (non-hydrogen) atoms. The maximum atomic E-state index is 11.7. The summed E-state index contributed by atoms with van der Waals surface area (Å²) in [6.07, 6.45) is 4.10. The van der Waals surface area contributed by atoms with Gasteiger partial charge in [-0.15, -0.1) is 0 Å². The summed E-state index contributed by atoms with van der Waals surface area (Å²) in [5, 5.41) is 0.686. The molecule has 0 unspecified atom stereocenters. The number of hydrogen-bond donors (Lipinski definition) is 0. The van der Waals surface area contributed by atoms with Crippen LogP contribution in [-0.2, 0) is 11.3 Å². The Morgan fingerprint density at radius 1 is 1.03 bits per heavy atom. The Hall–Kier alpha value is -3.44. The van der Waals surface area contributed by atoms with Gasteiger partial charge >= 0.3 is 5.97 Å². The van der Waals surface area contributed by atoms with E-state index in [2.05, 4.69) is 28.2 Å². The van der Waals surface area contributed by atoms with E-state index in [1.165, 1.54) is 7.11 Å². The molecule has 0 radical (unpaired) electrons. The molecular formula is C24H20ClN3O2. The summed E-state index contributed by atoms with van der Waals surface area (Å²) in [6, 6.07) is 19.6. The fraction of sp³-hybridized carbons (Fsp3) is 0.125. The van der Waals surface area contributed by atoms with E-state index in [-0.39, 0.29) is 5.69 Å². The van der Waals surface area contributed by atoms with Gasteiger partial charge in [-0.3, -0.25) is 0 Å². The molecule has 5 nitrogen and oxygen atoms in total. The molecule has 0 bridgehead atoms. The van der Waals surface area contributed by atoms with E-state index in [9.17, 15) is 4.79 Å². The summed E-state index contributed by atoms with van der Waals surface area (Å²) in [7, 11) is 1.33. The monoisotopic (exact) mass is 417 g/mol. The molecule has 0 saturated heterocycles. The number of benzene rings is 2. The molecule has 2 aromatic heterocycles. The highest BCUT2D eigenvalue weighted by Gasteiger charge is 2.14. The molecule has 0 aliphatic rings. The van der Waals surface area contributed by atoms with Crippen LogP contribution in [0.15, 0.2) is 60.7 Å². The van der Waals surface area contributed by atoms with Crippen LogP contribution in [0.1, 0.15) is 33.0 Å². The zero-order chi connectivity index (χ0) is 21.1. The lowest BCUT2D eigenvalue weighted by Gasteiger charge is -2.10. The number of methoxy groups -OCH3 is 1. The number of carbonyl (C=O) groups excluding carboxylic acids is 1. The first-order valence-corrected chi connectivity index (χ1v) is 9.86. The average Bonchev–Trinajstić information content (AvgIpc) is 3.08. The van der Waals surface area contributed by atoms with Crippen LogP contribution in [0, 0.1) is 6.92 Å². The van der Waals surface area contributed by atoms with Crippen LogP contribution < -0.4 is 0 Å². The van der Waals surface area contributed by atoms with E-state index in [0.29, 0.717) is 17.2 Å². The number of esters is 1. The van der Waals surface area contributed by atoms with Crippen molar-refractivity contribution in [3.05, 3.63) is 93.9 Å². The first-order chi connectivity index (χ1) is 14.5. The maximum absolute atomic E-state index is 11.7. The van der Waals surface area contributed by atoms with Crippen molar-refractivity contribution in [2.24, 2.45) is 0 Å². The number of carbonyl (C=O) groups is 1. The van der Waals surface area contributed by atoms with Crippen LogP contribution in [-0.4, -0.2) is 27.6 Å². The number of pyridine rings is 1. The van der Waals surface area contributed by atoms with Gasteiger partial charge in [0, 0.05) is 5.02 Å². The molecule has 4 aromatic rings. The van der Waals surface area contributed by atoms with Crippen molar-refractivity contribution in [3.63, 3.8) is 0 Å². The highest BCUT2D eigenvalue weighted by molar-refractivity contribution is 6.31. The van der Waals surface area contributed by atoms with E-state index >= 15 is 0 Å². The van der Waals surface area contributed by atoms with Crippen molar-refractivity contribution < 1.29 is 9.53 Å². The fourth-order valence-electron chi connectivity index (χ4n) is 3.26. The molecule has 0 aliphatic heterocycles. The lowest BCUT2D eigenvalue weighted by atomic mass is 10.1. The van der Waals surface area contributed by atoms with Gasteiger partial charge in [0.25, 0.3) is 0 Å². The quantitative estimate of drug-likeness (QED) is 0.322. The van der Waals surface area contributed by atoms with Crippen LogP contribution >= 0.6 is 11.6 Å². The Morgan fingerprint density at radius 2 is 1.80 bits per heavy atom. The molecule has 0 fully saturated rings. The van der Waals surface area contributed by atoms with Crippen LogP contribution in [0.4, 0.5) is 0 Å². The number of aromatic nitrogens is 3. The molecule has 150 valence electrons. The third-order valence-electron chi connectivity index (χ3n) is 4.87. The zero-order valence-corrected chi connectivity index (χ0v) is 17.4. The van der Waals surface area contributed by atoms with Gasteiger partial charge in [-0.1, -0.05) is 66.2 Å². The third-order valence-corrected chi connectivity index (χ3v) is 5.22. The number of nitrogens with zero attached hydrogens (tertiary/aromatic N) is 3. The molecule has 0 spiro atoms. The van der Waals surface area contributed by atoms with Crippen LogP contribution in [0.2, 0.25) is 5.02 Å². The SMILES string of the molecule is COC(=O)c1ccc2c(n1)nc(C)n2Cc1ccc(C=Cc2ccccc2)cc1Cl. The second-order valence-electron chi connectivity index (χ2n) is 6.87. The first kappa shape index (κ1) is 19.9. The van der Waals surface area contributed by atoms with Crippen molar-refractivity contribution >= 4 is 40.9 Å². The Bertz CT molecular complexity index is 1250. The summed E-state index contributed by atoms with van der Waals surface area (Å²) in [5.41, 5.74) is 4.73. The number of ether oxygens (including phenoxy) is 1.